The molecule has 1 aliphatic heterocycles. The fourth-order valence-electron chi connectivity index (χ4n) is 2.90. The minimum Gasteiger partial charge on any atom is -0.465 e. The van der Waals surface area contributed by atoms with Gasteiger partial charge >= 0.3 is 6.09 Å². The lowest BCUT2D eigenvalue weighted by Gasteiger charge is -2.33. The van der Waals surface area contributed by atoms with Crippen LogP contribution in [0.15, 0.2) is 18.2 Å². The van der Waals surface area contributed by atoms with Crippen molar-refractivity contribution in [2.24, 2.45) is 11.1 Å². The van der Waals surface area contributed by atoms with Crippen molar-refractivity contribution in [3.8, 4) is 0 Å². The van der Waals surface area contributed by atoms with E-state index in [0.717, 1.165) is 5.56 Å². The molecular weight excluding hydrogens is 351 g/mol. The van der Waals surface area contributed by atoms with Gasteiger partial charge in [0, 0.05) is 19.0 Å². The Morgan fingerprint density at radius 2 is 2.00 bits per heavy atom. The number of ether oxygens (including phenoxy) is 1. The van der Waals surface area contributed by atoms with Gasteiger partial charge in [-0.3, -0.25) is 0 Å². The molecule has 0 radical (unpaired) electrons. The normalized spacial score (nSPS) is 25.4. The van der Waals surface area contributed by atoms with Crippen LogP contribution in [0.2, 0.25) is 10.0 Å². The maximum atomic E-state index is 11.7. The third-order valence-corrected chi connectivity index (χ3v) is 5.17. The van der Waals surface area contributed by atoms with E-state index >= 15 is 0 Å². The fraction of sp³-hybridized carbons (Fsp3) is 0.588. The molecule has 7 heteroatoms. The first-order valence-corrected chi connectivity index (χ1v) is 8.67. The van der Waals surface area contributed by atoms with E-state index in [9.17, 15) is 9.90 Å². The molecule has 0 aromatic heterocycles. The Kier molecular flexibility index (Phi) is 6.02. The molecule has 1 heterocycles. The Labute approximate surface area is 152 Å². The summed E-state index contributed by atoms with van der Waals surface area (Å²) in [6, 6.07) is 5.32. The average molecular weight is 375 g/mol. The second-order valence-electron chi connectivity index (χ2n) is 7.23. The highest BCUT2D eigenvalue weighted by molar-refractivity contribution is 6.42. The van der Waals surface area contributed by atoms with Crippen LogP contribution < -0.4 is 5.73 Å². The summed E-state index contributed by atoms with van der Waals surface area (Å²) in [5, 5.41) is 10.5. The molecule has 1 aromatic rings. The van der Waals surface area contributed by atoms with Gasteiger partial charge in [-0.05, 0) is 23.1 Å². The smallest absolute Gasteiger partial charge is 0.407 e. The van der Waals surface area contributed by atoms with Gasteiger partial charge < -0.3 is 20.5 Å². The van der Waals surface area contributed by atoms with Gasteiger partial charge in [-0.1, -0.05) is 50.0 Å². The van der Waals surface area contributed by atoms with E-state index in [4.69, 9.17) is 33.7 Å². The van der Waals surface area contributed by atoms with Crippen LogP contribution in [0.4, 0.5) is 4.79 Å². The number of benzene rings is 1. The first kappa shape index (κ1) is 19.3. The Hall–Kier alpha value is -1.01. The molecule has 5 nitrogen and oxygen atoms in total. The summed E-state index contributed by atoms with van der Waals surface area (Å²) in [5.74, 6) is -0.201. The lowest BCUT2D eigenvalue weighted by molar-refractivity contribution is -0.0619. The van der Waals surface area contributed by atoms with E-state index in [1.165, 1.54) is 4.90 Å². The first-order valence-electron chi connectivity index (χ1n) is 7.91. The number of carbonyl (C=O) groups is 1. The van der Waals surface area contributed by atoms with Crippen molar-refractivity contribution in [2.45, 2.75) is 38.9 Å². The standard InChI is InChI=1S/C17H24Cl2N2O3/c1-17(2,3)15-9-21(16(22)23)8-11(14(7-20)24-15)10-4-5-12(18)13(19)6-10/h4-6,11,14-15H,7-9,20H2,1-3H3,(H,22,23)/t11-,14+,15-/m1/s1. The molecular formula is C17H24Cl2N2O3. The van der Waals surface area contributed by atoms with Gasteiger partial charge in [0.2, 0.25) is 0 Å². The summed E-state index contributed by atoms with van der Waals surface area (Å²) >= 11 is 12.1. The maximum Gasteiger partial charge on any atom is 0.407 e. The third-order valence-electron chi connectivity index (χ3n) is 4.43. The lowest BCUT2D eigenvalue weighted by atomic mass is 9.88. The van der Waals surface area contributed by atoms with E-state index in [2.05, 4.69) is 0 Å². The van der Waals surface area contributed by atoms with Crippen molar-refractivity contribution in [1.29, 1.82) is 0 Å². The monoisotopic (exact) mass is 374 g/mol. The van der Waals surface area contributed by atoms with Crippen molar-refractivity contribution < 1.29 is 14.6 Å². The zero-order chi connectivity index (χ0) is 18.1. The van der Waals surface area contributed by atoms with Crippen LogP contribution >= 0.6 is 23.2 Å². The molecule has 1 amide bonds. The average Bonchev–Trinajstić information content (AvgIpc) is 2.69. The predicted molar refractivity (Wildman–Crippen MR) is 96.0 cm³/mol. The molecule has 0 bridgehead atoms. The topological polar surface area (TPSA) is 75.8 Å². The Bertz CT molecular complexity index is 604. The summed E-state index contributed by atoms with van der Waals surface area (Å²) in [7, 11) is 0. The van der Waals surface area contributed by atoms with E-state index in [1.54, 1.807) is 12.1 Å². The lowest BCUT2D eigenvalue weighted by Crippen LogP contribution is -2.42. The van der Waals surface area contributed by atoms with Crippen LogP contribution in [0.5, 0.6) is 0 Å². The van der Waals surface area contributed by atoms with Crippen molar-refractivity contribution in [3.05, 3.63) is 33.8 Å². The van der Waals surface area contributed by atoms with Crippen molar-refractivity contribution in [3.63, 3.8) is 0 Å². The number of nitrogens with two attached hydrogens (primary N) is 1. The van der Waals surface area contributed by atoms with Crippen molar-refractivity contribution in [1.82, 2.24) is 4.90 Å². The minimum atomic E-state index is -0.962. The number of carboxylic acid groups (broad SMARTS) is 1. The Morgan fingerprint density at radius 1 is 1.33 bits per heavy atom. The highest BCUT2D eigenvalue weighted by Gasteiger charge is 2.39. The summed E-state index contributed by atoms with van der Waals surface area (Å²) in [6.45, 7) is 7.01. The second-order valence-corrected chi connectivity index (χ2v) is 8.05. The van der Waals surface area contributed by atoms with Crippen molar-refractivity contribution in [2.75, 3.05) is 19.6 Å². The van der Waals surface area contributed by atoms with Gasteiger partial charge in [-0.25, -0.2) is 4.79 Å². The van der Waals surface area contributed by atoms with Crippen LogP contribution in [0.1, 0.15) is 32.3 Å². The Morgan fingerprint density at radius 3 is 2.50 bits per heavy atom. The highest BCUT2D eigenvalue weighted by Crippen LogP contribution is 2.35. The number of halogens is 2. The molecule has 2 rings (SSSR count). The number of rotatable bonds is 2. The maximum absolute atomic E-state index is 11.7. The van der Waals surface area contributed by atoms with Crippen LogP contribution in [0.25, 0.3) is 0 Å². The molecule has 24 heavy (non-hydrogen) atoms. The zero-order valence-corrected chi connectivity index (χ0v) is 15.6. The molecule has 0 saturated carbocycles. The fourth-order valence-corrected chi connectivity index (χ4v) is 3.20. The SMILES string of the molecule is CC(C)(C)[C@H]1CN(C(=O)O)C[C@H](c2ccc(Cl)c(Cl)c2)[C@H](CN)O1. The predicted octanol–water partition coefficient (Wildman–Crippen LogP) is 3.83. The van der Waals surface area contributed by atoms with Gasteiger partial charge in [0.15, 0.2) is 0 Å². The minimum absolute atomic E-state index is 0.201. The Balaban J connectivity index is 2.41. The van der Waals surface area contributed by atoms with Crippen LogP contribution in [-0.4, -0.2) is 47.9 Å². The van der Waals surface area contributed by atoms with Crippen molar-refractivity contribution >= 4 is 29.3 Å². The summed E-state index contributed by atoms with van der Waals surface area (Å²) in [4.78, 5) is 13.1. The van der Waals surface area contributed by atoms with E-state index in [1.807, 2.05) is 26.8 Å². The molecule has 1 fully saturated rings. The van der Waals surface area contributed by atoms with E-state index < -0.39 is 6.09 Å². The molecule has 0 spiro atoms. The van der Waals surface area contributed by atoms with Gasteiger partial charge in [0.25, 0.3) is 0 Å². The van der Waals surface area contributed by atoms with E-state index in [0.29, 0.717) is 29.7 Å². The largest absolute Gasteiger partial charge is 0.465 e. The van der Waals surface area contributed by atoms with Gasteiger partial charge in [0.05, 0.1) is 28.8 Å². The quantitative estimate of drug-likeness (QED) is 0.824. The number of hydrogen-bond donors (Lipinski definition) is 2. The van der Waals surface area contributed by atoms with Gasteiger partial charge in [0.1, 0.15) is 0 Å². The molecule has 134 valence electrons. The second kappa shape index (κ2) is 7.48. The molecule has 1 aromatic carbocycles. The number of amides is 1. The number of nitrogens with zero attached hydrogens (tertiary/aromatic N) is 1. The van der Waals surface area contributed by atoms with Gasteiger partial charge in [-0.2, -0.15) is 0 Å². The number of hydrogen-bond acceptors (Lipinski definition) is 3. The molecule has 1 saturated heterocycles. The molecule has 0 unspecified atom stereocenters. The molecule has 1 aliphatic rings. The molecule has 0 aliphatic carbocycles. The third kappa shape index (κ3) is 4.33. The summed E-state index contributed by atoms with van der Waals surface area (Å²) in [5.41, 5.74) is 6.62. The highest BCUT2D eigenvalue weighted by atomic mass is 35.5. The summed E-state index contributed by atoms with van der Waals surface area (Å²) < 4.78 is 6.24. The van der Waals surface area contributed by atoms with E-state index in [-0.39, 0.29) is 23.5 Å². The van der Waals surface area contributed by atoms with Crippen LogP contribution in [0.3, 0.4) is 0 Å². The molecule has 3 N–H and O–H groups in total. The van der Waals surface area contributed by atoms with Crippen LogP contribution in [-0.2, 0) is 4.74 Å². The van der Waals surface area contributed by atoms with Gasteiger partial charge in [-0.15, -0.1) is 0 Å². The first-order chi connectivity index (χ1) is 11.1. The summed E-state index contributed by atoms with van der Waals surface area (Å²) in [6.07, 6.45) is -1.50. The van der Waals surface area contributed by atoms with Crippen LogP contribution in [0, 0.1) is 5.41 Å². The molecule has 3 atom stereocenters. The zero-order valence-electron chi connectivity index (χ0n) is 14.1.